The molecule has 0 atom stereocenters. The minimum absolute atomic E-state index is 0.220. The van der Waals surface area contributed by atoms with Crippen molar-refractivity contribution in [1.82, 2.24) is 4.98 Å². The Kier molecular flexibility index (Phi) is 4.04. The summed E-state index contributed by atoms with van der Waals surface area (Å²) in [6, 6.07) is 11.5. The molecule has 0 unspecified atom stereocenters. The Morgan fingerprint density at radius 3 is 2.58 bits per heavy atom. The van der Waals surface area contributed by atoms with Crippen LogP contribution >= 0.6 is 0 Å². The first kappa shape index (κ1) is 16.1. The lowest BCUT2D eigenvalue weighted by Gasteiger charge is -2.02. The Morgan fingerprint density at radius 2 is 1.96 bits per heavy atom. The van der Waals surface area contributed by atoms with Crippen molar-refractivity contribution < 1.29 is 21.9 Å². The Balaban J connectivity index is 2.13. The molecule has 0 bridgehead atoms. The maximum absolute atomic E-state index is 11.2. The monoisotopic (exact) mass is 348 g/mol. The maximum Gasteiger partial charge on any atom is 0.272 e. The molecule has 0 saturated carbocycles. The van der Waals surface area contributed by atoms with E-state index in [-0.39, 0.29) is 34.8 Å². The molecule has 24 heavy (non-hydrogen) atoms. The molecular weight excluding hydrogens is 336 g/mol. The van der Waals surface area contributed by atoms with Crippen molar-refractivity contribution in [2.75, 3.05) is 6.26 Å². The van der Waals surface area contributed by atoms with E-state index in [1.807, 2.05) is 6.07 Å². The first-order valence-electron chi connectivity index (χ1n) is 6.81. The minimum Gasteiger partial charge on any atom is -0.436 e. The number of aromatic nitrogens is 1. The lowest BCUT2D eigenvalue weighted by Crippen LogP contribution is -2.03. The van der Waals surface area contributed by atoms with E-state index in [4.69, 9.17) is 8.60 Å². The molecule has 1 heterocycles. The third-order valence-electron chi connectivity index (χ3n) is 3.21. The summed E-state index contributed by atoms with van der Waals surface area (Å²) in [5, 5.41) is 11.1. The van der Waals surface area contributed by atoms with Crippen molar-refractivity contribution in [1.29, 1.82) is 0 Å². The van der Waals surface area contributed by atoms with Crippen molar-refractivity contribution in [2.45, 2.75) is 6.61 Å². The third kappa shape index (κ3) is 3.42. The second-order valence-corrected chi connectivity index (χ2v) is 6.71. The Bertz CT molecular complexity index is 1010. The van der Waals surface area contributed by atoms with Gasteiger partial charge in [0.05, 0.1) is 17.8 Å². The fourth-order valence-corrected chi connectivity index (χ4v) is 2.51. The molecule has 0 N–H and O–H groups in total. The highest BCUT2D eigenvalue weighted by Gasteiger charge is 2.19. The molecule has 9 heteroatoms. The van der Waals surface area contributed by atoms with E-state index in [9.17, 15) is 18.5 Å². The van der Waals surface area contributed by atoms with Gasteiger partial charge in [-0.15, -0.1) is 0 Å². The van der Waals surface area contributed by atoms with Gasteiger partial charge in [0.1, 0.15) is 5.52 Å². The highest BCUT2D eigenvalue weighted by molar-refractivity contribution is 7.85. The molecule has 0 aliphatic carbocycles. The van der Waals surface area contributed by atoms with E-state index >= 15 is 0 Å². The van der Waals surface area contributed by atoms with Crippen LogP contribution in [0.4, 0.5) is 5.69 Å². The summed E-state index contributed by atoms with van der Waals surface area (Å²) in [6.07, 6.45) is 0.900. The number of hydrogen-bond donors (Lipinski definition) is 0. The van der Waals surface area contributed by atoms with E-state index in [0.29, 0.717) is 5.56 Å². The number of nitrogens with zero attached hydrogens (tertiary/aromatic N) is 2. The summed E-state index contributed by atoms with van der Waals surface area (Å²) >= 11 is 0. The molecule has 8 nitrogen and oxygen atoms in total. The van der Waals surface area contributed by atoms with Crippen molar-refractivity contribution >= 4 is 26.9 Å². The molecule has 124 valence electrons. The molecule has 2 aromatic carbocycles. The Labute approximate surface area is 137 Å². The fraction of sp³-hybridized carbons (Fsp3) is 0.133. The van der Waals surface area contributed by atoms with Crippen LogP contribution in [0.1, 0.15) is 5.56 Å². The zero-order valence-electron chi connectivity index (χ0n) is 12.5. The van der Waals surface area contributed by atoms with Gasteiger partial charge < -0.3 is 4.42 Å². The van der Waals surface area contributed by atoms with Crippen molar-refractivity contribution in [2.24, 2.45) is 0 Å². The van der Waals surface area contributed by atoms with Crippen LogP contribution in [0.15, 0.2) is 46.9 Å². The Morgan fingerprint density at radius 1 is 1.25 bits per heavy atom. The molecule has 0 radical (unpaired) electrons. The van der Waals surface area contributed by atoms with Crippen LogP contribution in [0, 0.1) is 10.1 Å². The number of rotatable bonds is 5. The second kappa shape index (κ2) is 6.02. The van der Waals surface area contributed by atoms with Crippen LogP contribution in [0.25, 0.3) is 22.6 Å². The van der Waals surface area contributed by atoms with Gasteiger partial charge in [0.25, 0.3) is 15.8 Å². The summed E-state index contributed by atoms with van der Waals surface area (Å²) in [6.45, 7) is -0.375. The number of fused-ring (bicyclic) bond motifs is 1. The number of non-ortho nitro benzene ring substituents is 1. The van der Waals surface area contributed by atoms with Crippen LogP contribution in [-0.4, -0.2) is 24.6 Å². The van der Waals surface area contributed by atoms with E-state index in [1.165, 1.54) is 12.1 Å². The topological polar surface area (TPSA) is 113 Å². The highest BCUT2D eigenvalue weighted by atomic mass is 32.2. The SMILES string of the molecule is CS(=O)(=O)OCc1cc([N+](=O)[O-])cc2nc(-c3ccccc3)oc12. The van der Waals surface area contributed by atoms with Crippen LogP contribution in [0.2, 0.25) is 0 Å². The Hall–Kier alpha value is -2.78. The summed E-state index contributed by atoms with van der Waals surface area (Å²) in [4.78, 5) is 14.7. The van der Waals surface area contributed by atoms with Crippen LogP contribution in [-0.2, 0) is 20.9 Å². The number of nitro benzene ring substituents is 1. The largest absolute Gasteiger partial charge is 0.436 e. The number of benzene rings is 2. The van der Waals surface area contributed by atoms with Crippen LogP contribution < -0.4 is 0 Å². The second-order valence-electron chi connectivity index (χ2n) is 5.06. The van der Waals surface area contributed by atoms with Gasteiger partial charge in [-0.1, -0.05) is 18.2 Å². The minimum atomic E-state index is -3.70. The maximum atomic E-state index is 11.2. The molecule has 0 amide bonds. The van der Waals surface area contributed by atoms with Crippen molar-refractivity contribution in [3.63, 3.8) is 0 Å². The van der Waals surface area contributed by atoms with E-state index in [2.05, 4.69) is 4.98 Å². The fourth-order valence-electron chi connectivity index (χ4n) is 2.17. The summed E-state index contributed by atoms with van der Waals surface area (Å²) < 4.78 is 32.8. The van der Waals surface area contributed by atoms with Gasteiger partial charge in [0, 0.05) is 23.3 Å². The summed E-state index contributed by atoms with van der Waals surface area (Å²) in [7, 11) is -3.70. The average Bonchev–Trinajstić information content (AvgIpc) is 2.96. The number of nitro groups is 1. The van der Waals surface area contributed by atoms with Gasteiger partial charge in [-0.25, -0.2) is 4.98 Å². The average molecular weight is 348 g/mol. The molecule has 3 rings (SSSR count). The zero-order chi connectivity index (χ0) is 17.3. The summed E-state index contributed by atoms with van der Waals surface area (Å²) in [5.41, 5.74) is 1.23. The van der Waals surface area contributed by atoms with Gasteiger partial charge in [-0.3, -0.25) is 14.3 Å². The van der Waals surface area contributed by atoms with E-state index < -0.39 is 15.0 Å². The standard InChI is InChI=1S/C15H12N2O6S/c1-24(20,21)22-9-11-7-12(17(18)19)8-13-14(11)23-15(16-13)10-5-3-2-4-6-10/h2-8H,9H2,1H3. The molecule has 3 aromatic rings. The van der Waals surface area contributed by atoms with Gasteiger partial charge in [0.15, 0.2) is 5.58 Å². The molecule has 0 aliphatic rings. The van der Waals surface area contributed by atoms with E-state index in [1.54, 1.807) is 24.3 Å². The summed E-state index contributed by atoms with van der Waals surface area (Å²) in [5.74, 6) is 0.284. The molecule has 0 saturated heterocycles. The van der Waals surface area contributed by atoms with Gasteiger partial charge >= 0.3 is 0 Å². The first-order valence-corrected chi connectivity index (χ1v) is 8.63. The molecule has 0 spiro atoms. The highest BCUT2D eigenvalue weighted by Crippen LogP contribution is 2.30. The van der Waals surface area contributed by atoms with Crippen molar-refractivity contribution in [3.05, 3.63) is 58.1 Å². The predicted octanol–water partition coefficient (Wildman–Crippen LogP) is 2.88. The smallest absolute Gasteiger partial charge is 0.272 e. The van der Waals surface area contributed by atoms with Gasteiger partial charge in [-0.2, -0.15) is 8.42 Å². The lowest BCUT2D eigenvalue weighted by atomic mass is 10.2. The molecule has 0 fully saturated rings. The van der Waals surface area contributed by atoms with Crippen molar-refractivity contribution in [3.8, 4) is 11.5 Å². The molecule has 1 aromatic heterocycles. The van der Waals surface area contributed by atoms with E-state index in [0.717, 1.165) is 6.26 Å². The van der Waals surface area contributed by atoms with Gasteiger partial charge in [-0.05, 0) is 12.1 Å². The molecule has 0 aliphatic heterocycles. The number of oxazole rings is 1. The normalized spacial score (nSPS) is 11.7. The van der Waals surface area contributed by atoms with Crippen LogP contribution in [0.5, 0.6) is 0 Å². The zero-order valence-corrected chi connectivity index (χ0v) is 13.3. The lowest BCUT2D eigenvalue weighted by molar-refractivity contribution is -0.384. The first-order chi connectivity index (χ1) is 11.3. The number of hydrogen-bond acceptors (Lipinski definition) is 7. The predicted molar refractivity (Wildman–Crippen MR) is 85.7 cm³/mol. The quantitative estimate of drug-likeness (QED) is 0.396. The van der Waals surface area contributed by atoms with Crippen LogP contribution in [0.3, 0.4) is 0 Å². The molecular formula is C15H12N2O6S. The van der Waals surface area contributed by atoms with Gasteiger partial charge in [0.2, 0.25) is 5.89 Å². The third-order valence-corrected chi connectivity index (χ3v) is 3.76.